The number of carbonyl (C=O) groups is 2. The minimum atomic E-state index is -4.13. The molecule has 0 aromatic heterocycles. The van der Waals surface area contributed by atoms with Gasteiger partial charge in [-0.1, -0.05) is 37.3 Å². The first-order valence-corrected chi connectivity index (χ1v) is 14.1. The maximum atomic E-state index is 13.9. The fraction of sp³-hybridized carbons (Fsp3) is 0.310. The van der Waals surface area contributed by atoms with Crippen molar-refractivity contribution in [3.63, 3.8) is 0 Å². The number of amides is 2. The van der Waals surface area contributed by atoms with E-state index in [0.29, 0.717) is 30.2 Å². The van der Waals surface area contributed by atoms with Gasteiger partial charge in [-0.05, 0) is 67.4 Å². The van der Waals surface area contributed by atoms with E-state index in [1.54, 1.807) is 74.7 Å². The number of nitrogens with one attached hydrogen (secondary N) is 1. The van der Waals surface area contributed by atoms with Gasteiger partial charge in [-0.2, -0.15) is 0 Å². The zero-order chi connectivity index (χ0) is 28.4. The van der Waals surface area contributed by atoms with E-state index in [1.165, 1.54) is 24.1 Å². The average Bonchev–Trinajstić information content (AvgIpc) is 2.96. The zero-order valence-electron chi connectivity index (χ0n) is 22.7. The molecule has 10 heteroatoms. The number of likely N-dealkylation sites (N-methyl/N-ethyl adjacent to an activating group) is 1. The van der Waals surface area contributed by atoms with Crippen LogP contribution in [0.15, 0.2) is 83.8 Å². The molecule has 9 nitrogen and oxygen atoms in total. The molecule has 3 aromatic carbocycles. The third kappa shape index (κ3) is 7.29. The van der Waals surface area contributed by atoms with Gasteiger partial charge in [-0.3, -0.25) is 13.9 Å². The maximum Gasteiger partial charge on any atom is 0.264 e. The molecule has 0 spiro atoms. The van der Waals surface area contributed by atoms with Gasteiger partial charge in [0.15, 0.2) is 0 Å². The van der Waals surface area contributed by atoms with Crippen molar-refractivity contribution in [1.82, 2.24) is 10.2 Å². The van der Waals surface area contributed by atoms with Gasteiger partial charge in [0.25, 0.3) is 10.0 Å². The van der Waals surface area contributed by atoms with Crippen LogP contribution in [0, 0.1) is 0 Å². The summed E-state index contributed by atoms with van der Waals surface area (Å²) < 4.78 is 39.5. The van der Waals surface area contributed by atoms with E-state index < -0.39 is 28.5 Å². The van der Waals surface area contributed by atoms with E-state index in [2.05, 4.69) is 5.32 Å². The maximum absolute atomic E-state index is 13.9. The summed E-state index contributed by atoms with van der Waals surface area (Å²) in [5.74, 6) is 0.319. The standard InChI is InChI=1S/C29H35N3O6S/c1-5-27(29(34)30-3)31(20-22-11-10-12-25(19-22)37-4)28(33)21-32(23-15-17-24(18-16-23)38-6-2)39(35,36)26-13-8-7-9-14-26/h7-19,27H,5-6,20-21H2,1-4H3,(H,30,34)/t27-/m1/s1. The van der Waals surface area contributed by atoms with E-state index in [1.807, 2.05) is 13.0 Å². The Balaban J connectivity index is 2.05. The van der Waals surface area contributed by atoms with Crippen molar-refractivity contribution < 1.29 is 27.5 Å². The highest BCUT2D eigenvalue weighted by atomic mass is 32.2. The molecule has 0 bridgehead atoms. The number of carbonyl (C=O) groups excluding carboxylic acids is 2. The monoisotopic (exact) mass is 553 g/mol. The Morgan fingerprint density at radius 2 is 1.62 bits per heavy atom. The quantitative estimate of drug-likeness (QED) is 0.345. The van der Waals surface area contributed by atoms with E-state index in [9.17, 15) is 18.0 Å². The van der Waals surface area contributed by atoms with Crippen molar-refractivity contribution in [2.75, 3.05) is 31.6 Å². The molecule has 3 rings (SSSR count). The van der Waals surface area contributed by atoms with Crippen LogP contribution < -0.4 is 19.1 Å². The summed E-state index contributed by atoms with van der Waals surface area (Å²) in [6.07, 6.45) is 0.337. The van der Waals surface area contributed by atoms with Gasteiger partial charge in [-0.15, -0.1) is 0 Å². The van der Waals surface area contributed by atoms with Gasteiger partial charge in [-0.25, -0.2) is 8.42 Å². The second-order valence-electron chi connectivity index (χ2n) is 8.66. The second kappa shape index (κ2) is 13.7. The molecule has 0 heterocycles. The first kappa shape index (κ1) is 29.5. The number of hydrogen-bond donors (Lipinski definition) is 1. The van der Waals surface area contributed by atoms with Gasteiger partial charge >= 0.3 is 0 Å². The van der Waals surface area contributed by atoms with Crippen LogP contribution in [-0.2, 0) is 26.2 Å². The molecule has 0 saturated carbocycles. The normalized spacial score (nSPS) is 11.8. The molecular weight excluding hydrogens is 518 g/mol. The summed E-state index contributed by atoms with van der Waals surface area (Å²) in [5.41, 5.74) is 1.04. The predicted molar refractivity (Wildman–Crippen MR) is 150 cm³/mol. The van der Waals surface area contributed by atoms with Crippen molar-refractivity contribution in [3.8, 4) is 11.5 Å². The second-order valence-corrected chi connectivity index (χ2v) is 10.5. The van der Waals surface area contributed by atoms with Crippen LogP contribution in [0.3, 0.4) is 0 Å². The Labute approximate surface area is 230 Å². The first-order valence-electron chi connectivity index (χ1n) is 12.7. The van der Waals surface area contributed by atoms with Gasteiger partial charge in [0, 0.05) is 13.6 Å². The fourth-order valence-corrected chi connectivity index (χ4v) is 5.61. The number of rotatable bonds is 13. The zero-order valence-corrected chi connectivity index (χ0v) is 23.5. The van der Waals surface area contributed by atoms with E-state index in [0.717, 1.165) is 9.87 Å². The van der Waals surface area contributed by atoms with Gasteiger partial charge in [0.05, 0.1) is 24.3 Å². The van der Waals surface area contributed by atoms with E-state index in [4.69, 9.17) is 9.47 Å². The lowest BCUT2D eigenvalue weighted by Gasteiger charge is -2.33. The third-order valence-corrected chi connectivity index (χ3v) is 7.95. The largest absolute Gasteiger partial charge is 0.497 e. The lowest BCUT2D eigenvalue weighted by Crippen LogP contribution is -2.51. The van der Waals surface area contributed by atoms with E-state index >= 15 is 0 Å². The summed E-state index contributed by atoms with van der Waals surface area (Å²) >= 11 is 0. The molecule has 0 unspecified atom stereocenters. The molecule has 0 radical (unpaired) electrons. The summed E-state index contributed by atoms with van der Waals surface area (Å²) in [6, 6.07) is 20.8. The highest BCUT2D eigenvalue weighted by Crippen LogP contribution is 2.27. The van der Waals surface area contributed by atoms with Gasteiger partial charge in [0.1, 0.15) is 24.1 Å². The van der Waals surface area contributed by atoms with Crippen LogP contribution in [0.2, 0.25) is 0 Å². The Hall–Kier alpha value is -4.05. The van der Waals surface area contributed by atoms with Gasteiger partial charge in [0.2, 0.25) is 11.8 Å². The molecule has 208 valence electrons. The van der Waals surface area contributed by atoms with Crippen LogP contribution in [0.5, 0.6) is 11.5 Å². The number of methoxy groups -OCH3 is 1. The first-order chi connectivity index (χ1) is 18.7. The molecule has 1 N–H and O–H groups in total. The van der Waals surface area contributed by atoms with Crippen molar-refractivity contribution in [2.24, 2.45) is 0 Å². The Bertz CT molecular complexity index is 1350. The smallest absolute Gasteiger partial charge is 0.264 e. The van der Waals surface area contributed by atoms with Crippen LogP contribution >= 0.6 is 0 Å². The van der Waals surface area contributed by atoms with Crippen LogP contribution in [0.4, 0.5) is 5.69 Å². The molecule has 0 aliphatic heterocycles. The number of nitrogens with zero attached hydrogens (tertiary/aromatic N) is 2. The number of anilines is 1. The number of ether oxygens (including phenoxy) is 2. The average molecular weight is 554 g/mol. The predicted octanol–water partition coefficient (Wildman–Crippen LogP) is 3.84. The van der Waals surface area contributed by atoms with Crippen LogP contribution in [0.25, 0.3) is 0 Å². The Morgan fingerprint density at radius 1 is 0.923 bits per heavy atom. The Morgan fingerprint density at radius 3 is 2.21 bits per heavy atom. The summed E-state index contributed by atoms with van der Waals surface area (Å²) in [6.45, 7) is 3.69. The molecule has 0 aliphatic rings. The van der Waals surface area contributed by atoms with Gasteiger partial charge < -0.3 is 19.7 Å². The lowest BCUT2D eigenvalue weighted by atomic mass is 10.1. The minimum absolute atomic E-state index is 0.0457. The summed E-state index contributed by atoms with van der Waals surface area (Å²) in [4.78, 5) is 28.2. The molecular formula is C29H35N3O6S. The van der Waals surface area contributed by atoms with Crippen molar-refractivity contribution in [3.05, 3.63) is 84.4 Å². The summed E-state index contributed by atoms with van der Waals surface area (Å²) in [7, 11) is -1.07. The third-order valence-electron chi connectivity index (χ3n) is 6.17. The van der Waals surface area contributed by atoms with Crippen molar-refractivity contribution >= 4 is 27.5 Å². The molecule has 2 amide bonds. The molecule has 0 fully saturated rings. The SMILES string of the molecule is CCOc1ccc(N(CC(=O)N(Cc2cccc(OC)c2)[C@H](CC)C(=O)NC)S(=O)(=O)c2ccccc2)cc1. The number of hydrogen-bond acceptors (Lipinski definition) is 6. The fourth-order valence-electron chi connectivity index (χ4n) is 4.18. The number of benzene rings is 3. The van der Waals surface area contributed by atoms with Crippen LogP contribution in [-0.4, -0.2) is 58.5 Å². The minimum Gasteiger partial charge on any atom is -0.497 e. The van der Waals surface area contributed by atoms with Crippen LogP contribution in [0.1, 0.15) is 25.8 Å². The Kier molecular flexibility index (Phi) is 10.3. The number of sulfonamides is 1. The highest BCUT2D eigenvalue weighted by Gasteiger charge is 2.33. The molecule has 1 atom stereocenters. The molecule has 0 saturated heterocycles. The van der Waals surface area contributed by atoms with Crippen molar-refractivity contribution in [2.45, 2.75) is 37.8 Å². The summed E-state index contributed by atoms with van der Waals surface area (Å²) in [5, 5.41) is 2.62. The highest BCUT2D eigenvalue weighted by molar-refractivity contribution is 7.92. The van der Waals surface area contributed by atoms with E-state index in [-0.39, 0.29) is 17.3 Å². The molecule has 3 aromatic rings. The van der Waals surface area contributed by atoms with Crippen molar-refractivity contribution in [1.29, 1.82) is 0 Å². The molecule has 39 heavy (non-hydrogen) atoms. The topological polar surface area (TPSA) is 105 Å². The molecule has 0 aliphatic carbocycles. The lowest BCUT2D eigenvalue weighted by molar-refractivity contribution is -0.140.